The first-order valence-corrected chi connectivity index (χ1v) is 8.71. The van der Waals surface area contributed by atoms with Crippen LogP contribution in [0.15, 0.2) is 84.9 Å². The van der Waals surface area contributed by atoms with Gasteiger partial charge in [0, 0.05) is 11.1 Å². The lowest BCUT2D eigenvalue weighted by Gasteiger charge is -2.25. The Kier molecular flexibility index (Phi) is 5.68. The molecule has 24 heavy (non-hydrogen) atoms. The fraction of sp³-hybridized carbons (Fsp3) is 0.182. The van der Waals surface area contributed by atoms with E-state index >= 15 is 0 Å². The first kappa shape index (κ1) is 16.8. The Morgan fingerprint density at radius 1 is 0.750 bits per heavy atom. The topological polar surface area (TPSA) is 12.0 Å². The fourth-order valence-electron chi connectivity index (χ4n) is 3.01. The molecule has 3 aromatic carbocycles. The first-order chi connectivity index (χ1) is 11.7. The Balaban J connectivity index is 1.81. The van der Waals surface area contributed by atoms with E-state index in [1.165, 1.54) is 16.7 Å². The van der Waals surface area contributed by atoms with E-state index in [-0.39, 0.29) is 6.04 Å². The summed E-state index contributed by atoms with van der Waals surface area (Å²) < 4.78 is 0. The van der Waals surface area contributed by atoms with Crippen LogP contribution in [0.25, 0.3) is 0 Å². The van der Waals surface area contributed by atoms with Gasteiger partial charge in [0.25, 0.3) is 0 Å². The Bertz CT molecular complexity index is 716. The highest BCUT2D eigenvalue weighted by molar-refractivity contribution is 6.31. The van der Waals surface area contributed by atoms with Crippen LogP contribution in [0.4, 0.5) is 0 Å². The molecule has 1 atom stereocenters. The van der Waals surface area contributed by atoms with E-state index in [1.807, 2.05) is 18.2 Å². The van der Waals surface area contributed by atoms with Crippen LogP contribution in [0.5, 0.6) is 0 Å². The van der Waals surface area contributed by atoms with Gasteiger partial charge in [-0.15, -0.1) is 0 Å². The average molecular weight is 336 g/mol. The van der Waals surface area contributed by atoms with Crippen molar-refractivity contribution in [3.63, 3.8) is 0 Å². The third-order valence-corrected chi connectivity index (χ3v) is 4.57. The summed E-state index contributed by atoms with van der Waals surface area (Å²) >= 11 is 6.31. The molecule has 1 nitrogen and oxygen atoms in total. The van der Waals surface area contributed by atoms with Gasteiger partial charge in [-0.2, -0.15) is 0 Å². The second kappa shape index (κ2) is 8.14. The molecule has 122 valence electrons. The quantitative estimate of drug-likeness (QED) is 0.613. The van der Waals surface area contributed by atoms with E-state index in [1.54, 1.807) is 0 Å². The predicted octanol–water partition coefficient (Wildman–Crippen LogP) is 5.65. The molecule has 0 saturated heterocycles. The second-order valence-corrected chi connectivity index (χ2v) is 6.52. The van der Waals surface area contributed by atoms with Crippen LogP contribution in [-0.2, 0) is 6.42 Å². The van der Waals surface area contributed by atoms with Crippen molar-refractivity contribution in [1.82, 2.24) is 5.32 Å². The molecule has 0 saturated carbocycles. The molecule has 0 aromatic heterocycles. The maximum atomic E-state index is 6.31. The maximum Gasteiger partial charge on any atom is 0.0578 e. The van der Waals surface area contributed by atoms with Crippen molar-refractivity contribution in [3.8, 4) is 0 Å². The van der Waals surface area contributed by atoms with Crippen molar-refractivity contribution in [2.75, 3.05) is 0 Å². The van der Waals surface area contributed by atoms with Crippen LogP contribution in [0.3, 0.4) is 0 Å². The van der Waals surface area contributed by atoms with Crippen LogP contribution in [0.1, 0.15) is 29.7 Å². The van der Waals surface area contributed by atoms with Crippen molar-refractivity contribution in [2.45, 2.75) is 25.4 Å². The monoisotopic (exact) mass is 335 g/mol. The van der Waals surface area contributed by atoms with Gasteiger partial charge in [0.15, 0.2) is 0 Å². The zero-order valence-electron chi connectivity index (χ0n) is 13.8. The Labute approximate surface area is 149 Å². The smallest absolute Gasteiger partial charge is 0.0578 e. The molecule has 0 heterocycles. The molecule has 1 N–H and O–H groups in total. The van der Waals surface area contributed by atoms with Gasteiger partial charge in [0.1, 0.15) is 0 Å². The lowest BCUT2D eigenvalue weighted by Crippen LogP contribution is -2.33. The molecule has 0 aliphatic rings. The van der Waals surface area contributed by atoms with Gasteiger partial charge in [-0.25, -0.2) is 0 Å². The number of hydrogen-bond donors (Lipinski definition) is 1. The summed E-state index contributed by atoms with van der Waals surface area (Å²) in [6.45, 7) is 2.21. The normalized spacial score (nSPS) is 12.3. The number of rotatable bonds is 6. The minimum absolute atomic E-state index is 0.171. The molecule has 0 aliphatic carbocycles. The highest BCUT2D eigenvalue weighted by atomic mass is 35.5. The van der Waals surface area contributed by atoms with E-state index in [2.05, 4.69) is 79.0 Å². The predicted molar refractivity (Wildman–Crippen MR) is 102 cm³/mol. The number of hydrogen-bond acceptors (Lipinski definition) is 1. The van der Waals surface area contributed by atoms with Crippen LogP contribution >= 0.6 is 11.6 Å². The highest BCUT2D eigenvalue weighted by Gasteiger charge is 2.17. The summed E-state index contributed by atoms with van der Waals surface area (Å²) in [6.07, 6.45) is 0.899. The van der Waals surface area contributed by atoms with Gasteiger partial charge in [0.05, 0.1) is 6.04 Å². The van der Waals surface area contributed by atoms with Gasteiger partial charge in [0.2, 0.25) is 0 Å². The molecular weight excluding hydrogens is 314 g/mol. The molecule has 0 amide bonds. The molecule has 0 radical (unpaired) electrons. The lowest BCUT2D eigenvalue weighted by atomic mass is 9.97. The van der Waals surface area contributed by atoms with Gasteiger partial charge in [-0.1, -0.05) is 90.5 Å². The summed E-state index contributed by atoms with van der Waals surface area (Å²) in [5.41, 5.74) is 3.73. The van der Waals surface area contributed by atoms with Crippen molar-refractivity contribution >= 4 is 11.6 Å². The second-order valence-electron chi connectivity index (χ2n) is 6.12. The summed E-state index contributed by atoms with van der Waals surface area (Å²) in [6, 6.07) is 29.7. The van der Waals surface area contributed by atoms with Gasteiger partial charge >= 0.3 is 0 Å². The third-order valence-electron chi connectivity index (χ3n) is 4.20. The number of halogens is 1. The zero-order chi connectivity index (χ0) is 16.8. The SMILES string of the molecule is CC(Cc1ccccc1Cl)NC(c1ccccc1)c1ccccc1. The molecule has 0 bridgehead atoms. The van der Waals surface area contributed by atoms with E-state index in [0.717, 1.165) is 11.4 Å². The van der Waals surface area contributed by atoms with Crippen LogP contribution < -0.4 is 5.32 Å². The van der Waals surface area contributed by atoms with E-state index in [9.17, 15) is 0 Å². The summed E-state index contributed by atoms with van der Waals surface area (Å²) in [4.78, 5) is 0. The van der Waals surface area contributed by atoms with E-state index < -0.39 is 0 Å². The minimum Gasteiger partial charge on any atom is -0.303 e. The van der Waals surface area contributed by atoms with E-state index in [4.69, 9.17) is 11.6 Å². The Morgan fingerprint density at radius 2 is 1.25 bits per heavy atom. The fourth-order valence-corrected chi connectivity index (χ4v) is 3.23. The van der Waals surface area contributed by atoms with E-state index in [0.29, 0.717) is 6.04 Å². The highest BCUT2D eigenvalue weighted by Crippen LogP contribution is 2.24. The molecule has 3 rings (SSSR count). The molecule has 0 fully saturated rings. The van der Waals surface area contributed by atoms with Crippen LogP contribution in [-0.4, -0.2) is 6.04 Å². The number of benzene rings is 3. The van der Waals surface area contributed by atoms with Crippen molar-refractivity contribution in [3.05, 3.63) is 107 Å². The molecule has 2 heteroatoms. The average Bonchev–Trinajstić information content (AvgIpc) is 2.63. The van der Waals surface area contributed by atoms with Gasteiger partial charge < -0.3 is 5.32 Å². The van der Waals surface area contributed by atoms with Crippen molar-refractivity contribution in [2.24, 2.45) is 0 Å². The standard InChI is InChI=1S/C22H22ClN/c1-17(16-20-14-8-9-15-21(20)23)24-22(18-10-4-2-5-11-18)19-12-6-3-7-13-19/h2-15,17,22,24H,16H2,1H3. The van der Waals surface area contributed by atoms with Gasteiger partial charge in [-0.05, 0) is 36.1 Å². The van der Waals surface area contributed by atoms with Crippen molar-refractivity contribution in [1.29, 1.82) is 0 Å². The summed E-state index contributed by atoms with van der Waals surface area (Å²) in [5, 5.41) is 4.60. The third kappa shape index (κ3) is 4.25. The lowest BCUT2D eigenvalue weighted by molar-refractivity contribution is 0.496. The van der Waals surface area contributed by atoms with Crippen LogP contribution in [0, 0.1) is 0 Å². The summed E-state index contributed by atoms with van der Waals surface area (Å²) in [7, 11) is 0. The summed E-state index contributed by atoms with van der Waals surface area (Å²) in [5.74, 6) is 0. The Hall–Kier alpha value is -2.09. The molecule has 0 spiro atoms. The minimum atomic E-state index is 0.171. The largest absolute Gasteiger partial charge is 0.303 e. The molecule has 0 aliphatic heterocycles. The molecule has 3 aromatic rings. The maximum absolute atomic E-state index is 6.31. The van der Waals surface area contributed by atoms with Crippen molar-refractivity contribution < 1.29 is 0 Å². The molecular formula is C22H22ClN. The zero-order valence-corrected chi connectivity index (χ0v) is 14.6. The first-order valence-electron chi connectivity index (χ1n) is 8.33. The molecule has 1 unspecified atom stereocenters. The van der Waals surface area contributed by atoms with Gasteiger partial charge in [-0.3, -0.25) is 0 Å². The van der Waals surface area contributed by atoms with Crippen LogP contribution in [0.2, 0.25) is 5.02 Å². The number of nitrogens with one attached hydrogen (secondary N) is 1. The Morgan fingerprint density at radius 3 is 1.79 bits per heavy atom.